The van der Waals surface area contributed by atoms with Gasteiger partial charge >= 0.3 is 0 Å². The number of rotatable bonds is 7. The fraction of sp³-hybridized carbons (Fsp3) is 0.292. The van der Waals surface area contributed by atoms with Crippen molar-refractivity contribution in [3.05, 3.63) is 64.8 Å². The number of amides is 2. The average Bonchev–Trinajstić information content (AvgIpc) is 3.51. The zero-order chi connectivity index (χ0) is 24.2. The SMILES string of the molecule is O=C1NC(=O)C(=Cc2ccnc(N3CCC(CNCc4cc(-c5ccc[nH]5)ncc4F)CC3)n2)S1. The number of pyridine rings is 1. The van der Waals surface area contributed by atoms with Crippen LogP contribution in [-0.4, -0.2) is 50.7 Å². The van der Waals surface area contributed by atoms with Crippen LogP contribution >= 0.6 is 11.8 Å². The van der Waals surface area contributed by atoms with Gasteiger partial charge in [0.05, 0.1) is 28.2 Å². The van der Waals surface area contributed by atoms with Crippen LogP contribution in [-0.2, 0) is 11.3 Å². The molecule has 0 aromatic carbocycles. The molecule has 2 aliphatic rings. The highest BCUT2D eigenvalue weighted by Crippen LogP contribution is 2.26. The lowest BCUT2D eigenvalue weighted by molar-refractivity contribution is -0.115. The summed E-state index contributed by atoms with van der Waals surface area (Å²) >= 11 is 0.869. The number of anilines is 1. The predicted molar refractivity (Wildman–Crippen MR) is 132 cm³/mol. The maximum atomic E-state index is 14.2. The smallest absolute Gasteiger partial charge is 0.290 e. The summed E-state index contributed by atoms with van der Waals surface area (Å²) < 4.78 is 14.2. The van der Waals surface area contributed by atoms with E-state index in [1.807, 2.05) is 18.3 Å². The Balaban J connectivity index is 1.13. The first-order chi connectivity index (χ1) is 17.0. The first kappa shape index (κ1) is 23.2. The first-order valence-electron chi connectivity index (χ1n) is 11.4. The molecule has 5 heterocycles. The molecule has 0 aliphatic carbocycles. The fourth-order valence-electron chi connectivity index (χ4n) is 4.15. The van der Waals surface area contributed by atoms with E-state index in [2.05, 4.69) is 35.5 Å². The average molecular weight is 494 g/mol. The minimum absolute atomic E-state index is 0.313. The van der Waals surface area contributed by atoms with Gasteiger partial charge in [0, 0.05) is 37.6 Å². The van der Waals surface area contributed by atoms with Crippen molar-refractivity contribution < 1.29 is 14.0 Å². The lowest BCUT2D eigenvalue weighted by Gasteiger charge is -2.32. The van der Waals surface area contributed by atoms with E-state index in [9.17, 15) is 14.0 Å². The molecule has 0 radical (unpaired) electrons. The van der Waals surface area contributed by atoms with E-state index in [1.165, 1.54) is 6.20 Å². The lowest BCUT2D eigenvalue weighted by atomic mass is 9.97. The third-order valence-corrected chi connectivity index (χ3v) is 6.85. The van der Waals surface area contributed by atoms with Gasteiger partial charge in [-0.3, -0.25) is 19.9 Å². The zero-order valence-corrected chi connectivity index (χ0v) is 19.6. The summed E-state index contributed by atoms with van der Waals surface area (Å²) in [6.07, 6.45) is 8.27. The Bertz CT molecular complexity index is 1260. The molecular weight excluding hydrogens is 469 g/mol. The Morgan fingerprint density at radius 2 is 2.09 bits per heavy atom. The molecule has 0 atom stereocenters. The number of aromatic nitrogens is 4. The minimum Gasteiger partial charge on any atom is -0.360 e. The molecule has 5 rings (SSSR count). The van der Waals surface area contributed by atoms with E-state index in [4.69, 9.17) is 0 Å². The van der Waals surface area contributed by atoms with Crippen LogP contribution in [0.5, 0.6) is 0 Å². The number of carbonyl (C=O) groups excluding carboxylic acids is 2. The van der Waals surface area contributed by atoms with Crippen LogP contribution in [0.2, 0.25) is 0 Å². The highest BCUT2D eigenvalue weighted by atomic mass is 32.2. The number of nitrogens with zero attached hydrogens (tertiary/aromatic N) is 4. The van der Waals surface area contributed by atoms with Crippen molar-refractivity contribution in [2.45, 2.75) is 19.4 Å². The maximum Gasteiger partial charge on any atom is 0.290 e. The van der Waals surface area contributed by atoms with Crippen LogP contribution in [0.3, 0.4) is 0 Å². The van der Waals surface area contributed by atoms with Crippen LogP contribution in [0.15, 0.2) is 47.8 Å². The van der Waals surface area contributed by atoms with Gasteiger partial charge in [0.25, 0.3) is 11.1 Å². The highest BCUT2D eigenvalue weighted by Gasteiger charge is 2.26. The third-order valence-electron chi connectivity index (χ3n) is 6.04. The second kappa shape index (κ2) is 10.4. The Morgan fingerprint density at radius 1 is 1.23 bits per heavy atom. The number of imide groups is 1. The molecule has 0 bridgehead atoms. The maximum absolute atomic E-state index is 14.2. The van der Waals surface area contributed by atoms with Crippen LogP contribution in [0.4, 0.5) is 15.1 Å². The molecular formula is C24H24FN7O2S. The molecule has 3 N–H and O–H groups in total. The Morgan fingerprint density at radius 3 is 2.83 bits per heavy atom. The summed E-state index contributed by atoms with van der Waals surface area (Å²) in [5.41, 5.74) is 2.76. The Hall–Kier alpha value is -3.57. The van der Waals surface area contributed by atoms with Crippen molar-refractivity contribution in [2.75, 3.05) is 24.5 Å². The lowest BCUT2D eigenvalue weighted by Crippen LogP contribution is -2.38. The summed E-state index contributed by atoms with van der Waals surface area (Å²) in [6.45, 7) is 2.85. The second-order valence-electron chi connectivity index (χ2n) is 8.44. The molecule has 3 aromatic rings. The number of H-pyrrole nitrogens is 1. The van der Waals surface area contributed by atoms with Crippen LogP contribution in [0.25, 0.3) is 17.5 Å². The molecule has 2 saturated heterocycles. The standard InChI is InChI=1S/C24H24FN7O2S/c25-18-14-29-20(19-2-1-6-27-19)10-16(18)13-26-12-15-4-8-32(9-5-15)23-28-7-3-17(30-23)11-21-22(33)31-24(34)35-21/h1-3,6-7,10-11,14-15,26-27H,4-5,8-9,12-13H2,(H,31,33,34). The molecule has 2 fully saturated rings. The Kier molecular flexibility index (Phi) is 6.87. The number of carbonyl (C=O) groups is 2. The molecule has 9 nitrogen and oxygen atoms in total. The minimum atomic E-state index is -0.402. The molecule has 3 aromatic heterocycles. The predicted octanol–water partition coefficient (Wildman–Crippen LogP) is 3.34. The monoisotopic (exact) mass is 493 g/mol. The largest absolute Gasteiger partial charge is 0.360 e. The van der Waals surface area contributed by atoms with Crippen LogP contribution in [0, 0.1) is 11.7 Å². The number of nitrogens with one attached hydrogen (secondary N) is 3. The fourth-order valence-corrected chi connectivity index (χ4v) is 4.82. The van der Waals surface area contributed by atoms with Gasteiger partial charge in [-0.15, -0.1) is 0 Å². The zero-order valence-electron chi connectivity index (χ0n) is 18.8. The summed E-state index contributed by atoms with van der Waals surface area (Å²) in [6, 6.07) is 7.29. The van der Waals surface area contributed by atoms with Gasteiger partial charge in [0.2, 0.25) is 5.95 Å². The van der Waals surface area contributed by atoms with Gasteiger partial charge in [-0.25, -0.2) is 14.4 Å². The summed E-state index contributed by atoms with van der Waals surface area (Å²) in [7, 11) is 0. The second-order valence-corrected chi connectivity index (χ2v) is 9.45. The van der Waals surface area contributed by atoms with Crippen LogP contribution in [0.1, 0.15) is 24.1 Å². The van der Waals surface area contributed by atoms with Gasteiger partial charge in [0.1, 0.15) is 5.82 Å². The topological polar surface area (TPSA) is 116 Å². The van der Waals surface area contributed by atoms with Gasteiger partial charge in [-0.05, 0) is 67.4 Å². The number of hydrogen-bond donors (Lipinski definition) is 3. The van der Waals surface area contributed by atoms with Crippen molar-refractivity contribution in [1.82, 2.24) is 30.6 Å². The van der Waals surface area contributed by atoms with Crippen molar-refractivity contribution in [1.29, 1.82) is 0 Å². The summed E-state index contributed by atoms with van der Waals surface area (Å²) in [5.74, 6) is 0.359. The normalized spacial score (nSPS) is 17.9. The van der Waals surface area contributed by atoms with E-state index in [-0.39, 0.29) is 11.1 Å². The Labute approximate surface area is 205 Å². The number of halogens is 1. The van der Waals surface area contributed by atoms with E-state index in [0.717, 1.165) is 55.6 Å². The van der Waals surface area contributed by atoms with E-state index >= 15 is 0 Å². The van der Waals surface area contributed by atoms with Crippen molar-refractivity contribution in [2.24, 2.45) is 5.92 Å². The van der Waals surface area contributed by atoms with E-state index in [1.54, 1.807) is 24.4 Å². The van der Waals surface area contributed by atoms with Crippen molar-refractivity contribution in [3.63, 3.8) is 0 Å². The molecule has 2 amide bonds. The van der Waals surface area contributed by atoms with Gasteiger partial charge in [0.15, 0.2) is 0 Å². The van der Waals surface area contributed by atoms with Crippen molar-refractivity contribution in [3.8, 4) is 11.4 Å². The molecule has 11 heteroatoms. The van der Waals surface area contributed by atoms with Crippen molar-refractivity contribution >= 4 is 34.9 Å². The number of aromatic amines is 1. The number of piperidine rings is 1. The molecule has 180 valence electrons. The van der Waals surface area contributed by atoms with E-state index < -0.39 is 5.91 Å². The summed E-state index contributed by atoms with van der Waals surface area (Å²) in [5, 5.41) is 5.26. The van der Waals surface area contributed by atoms with Gasteiger partial charge in [-0.2, -0.15) is 0 Å². The molecule has 0 saturated carbocycles. The highest BCUT2D eigenvalue weighted by molar-refractivity contribution is 8.18. The number of hydrogen-bond acceptors (Lipinski definition) is 8. The number of thioether (sulfide) groups is 1. The molecule has 0 unspecified atom stereocenters. The van der Waals surface area contributed by atoms with Gasteiger partial charge in [-0.1, -0.05) is 0 Å². The van der Waals surface area contributed by atoms with E-state index in [0.29, 0.717) is 34.6 Å². The summed E-state index contributed by atoms with van der Waals surface area (Å²) in [4.78, 5) is 41.8. The third kappa shape index (κ3) is 5.57. The molecule has 2 aliphatic heterocycles. The first-order valence-corrected chi connectivity index (χ1v) is 12.2. The molecule has 35 heavy (non-hydrogen) atoms. The quantitative estimate of drug-likeness (QED) is 0.429. The van der Waals surface area contributed by atoms with Crippen LogP contribution < -0.4 is 15.5 Å². The van der Waals surface area contributed by atoms with Gasteiger partial charge < -0.3 is 15.2 Å². The molecule has 0 spiro atoms.